The van der Waals surface area contributed by atoms with Crippen molar-refractivity contribution in [3.8, 4) is 0 Å². The zero-order chi connectivity index (χ0) is 15.1. The SMILES string of the molecule is CC(C)C1=CC(C(C)C)Sc2c1oc1ccccc1c2=O. The van der Waals surface area contributed by atoms with Gasteiger partial charge in [-0.15, -0.1) is 11.8 Å². The van der Waals surface area contributed by atoms with Gasteiger partial charge in [0.15, 0.2) is 0 Å². The largest absolute Gasteiger partial charge is 0.455 e. The van der Waals surface area contributed by atoms with Crippen molar-refractivity contribution in [3.63, 3.8) is 0 Å². The zero-order valence-corrected chi connectivity index (χ0v) is 13.7. The second kappa shape index (κ2) is 5.38. The molecule has 1 aliphatic rings. The van der Waals surface area contributed by atoms with Gasteiger partial charge in [0.25, 0.3) is 0 Å². The molecule has 1 aromatic carbocycles. The highest BCUT2D eigenvalue weighted by Crippen LogP contribution is 2.42. The van der Waals surface area contributed by atoms with Crippen LogP contribution in [0.3, 0.4) is 0 Å². The summed E-state index contributed by atoms with van der Waals surface area (Å²) in [7, 11) is 0. The van der Waals surface area contributed by atoms with E-state index < -0.39 is 0 Å². The molecule has 0 spiro atoms. The van der Waals surface area contributed by atoms with E-state index in [-0.39, 0.29) is 5.43 Å². The average molecular weight is 300 g/mol. The number of thioether (sulfide) groups is 1. The number of benzene rings is 1. The molecule has 1 atom stereocenters. The van der Waals surface area contributed by atoms with Gasteiger partial charge in [0, 0.05) is 5.25 Å². The Kier molecular flexibility index (Phi) is 3.70. The third kappa shape index (κ3) is 2.44. The monoisotopic (exact) mass is 300 g/mol. The van der Waals surface area contributed by atoms with Gasteiger partial charge in [-0.2, -0.15) is 0 Å². The lowest BCUT2D eigenvalue weighted by atomic mass is 9.95. The van der Waals surface area contributed by atoms with Gasteiger partial charge in [-0.1, -0.05) is 45.9 Å². The van der Waals surface area contributed by atoms with Crippen LogP contribution in [0.4, 0.5) is 0 Å². The molecule has 0 fully saturated rings. The Morgan fingerprint density at radius 1 is 1.14 bits per heavy atom. The molecule has 0 amide bonds. The first-order valence-corrected chi connectivity index (χ1v) is 8.31. The van der Waals surface area contributed by atoms with Gasteiger partial charge in [-0.25, -0.2) is 0 Å². The van der Waals surface area contributed by atoms with Gasteiger partial charge in [0.05, 0.1) is 10.3 Å². The molecule has 2 aromatic rings. The highest BCUT2D eigenvalue weighted by molar-refractivity contribution is 8.00. The summed E-state index contributed by atoms with van der Waals surface area (Å²) in [5.41, 5.74) is 1.94. The normalized spacial score (nSPS) is 18.2. The molecule has 3 rings (SSSR count). The molecule has 0 saturated heterocycles. The van der Waals surface area contributed by atoms with Gasteiger partial charge in [-0.3, -0.25) is 4.79 Å². The van der Waals surface area contributed by atoms with Crippen LogP contribution in [0.2, 0.25) is 0 Å². The minimum absolute atomic E-state index is 0.105. The molecule has 21 heavy (non-hydrogen) atoms. The number of allylic oxidation sites excluding steroid dienone is 1. The zero-order valence-electron chi connectivity index (χ0n) is 12.8. The predicted octanol–water partition coefficient (Wildman–Crippen LogP) is 4.96. The number of rotatable bonds is 2. The van der Waals surface area contributed by atoms with Crippen LogP contribution < -0.4 is 5.43 Å². The van der Waals surface area contributed by atoms with Crippen LogP contribution in [0.5, 0.6) is 0 Å². The van der Waals surface area contributed by atoms with Gasteiger partial charge >= 0.3 is 0 Å². The van der Waals surface area contributed by atoms with Crippen LogP contribution in [0.15, 0.2) is 44.4 Å². The van der Waals surface area contributed by atoms with Crippen LogP contribution in [0, 0.1) is 11.8 Å². The lowest BCUT2D eigenvalue weighted by Gasteiger charge is -2.26. The molecule has 110 valence electrons. The summed E-state index contributed by atoms with van der Waals surface area (Å²) in [6.45, 7) is 8.69. The molecule has 1 aliphatic heterocycles. The fourth-order valence-corrected chi connectivity index (χ4v) is 3.87. The first-order chi connectivity index (χ1) is 9.99. The second-order valence-corrected chi connectivity index (χ2v) is 7.38. The Labute approximate surface area is 129 Å². The van der Waals surface area contributed by atoms with Gasteiger partial charge in [0.2, 0.25) is 5.43 Å². The van der Waals surface area contributed by atoms with Crippen molar-refractivity contribution in [2.24, 2.45) is 11.8 Å². The minimum Gasteiger partial charge on any atom is -0.455 e. The number of para-hydroxylation sites is 1. The van der Waals surface area contributed by atoms with E-state index in [0.717, 1.165) is 16.2 Å². The van der Waals surface area contributed by atoms with E-state index in [4.69, 9.17) is 4.42 Å². The average Bonchev–Trinajstić information content (AvgIpc) is 2.46. The van der Waals surface area contributed by atoms with E-state index in [1.807, 2.05) is 24.3 Å². The predicted molar refractivity (Wildman–Crippen MR) is 89.8 cm³/mol. The lowest BCUT2D eigenvalue weighted by Crippen LogP contribution is -2.19. The van der Waals surface area contributed by atoms with Crippen molar-refractivity contribution in [1.29, 1.82) is 0 Å². The lowest BCUT2D eigenvalue weighted by molar-refractivity contribution is 0.553. The van der Waals surface area contributed by atoms with Crippen LogP contribution in [0.25, 0.3) is 16.5 Å². The van der Waals surface area contributed by atoms with Crippen LogP contribution in [-0.2, 0) is 0 Å². The van der Waals surface area contributed by atoms with E-state index >= 15 is 0 Å². The molecule has 2 heterocycles. The van der Waals surface area contributed by atoms with Crippen molar-refractivity contribution < 1.29 is 4.42 Å². The molecule has 1 unspecified atom stereocenters. The Morgan fingerprint density at radius 2 is 1.86 bits per heavy atom. The molecule has 0 saturated carbocycles. The standard InChI is InChI=1S/C18H20O2S/c1-10(2)13-9-15(11(3)4)21-18-16(19)12-7-5-6-8-14(12)20-17(13)18/h5-11,15H,1-4H3. The molecule has 3 heteroatoms. The van der Waals surface area contributed by atoms with Gasteiger partial charge < -0.3 is 4.42 Å². The maximum atomic E-state index is 12.8. The van der Waals surface area contributed by atoms with Crippen molar-refractivity contribution in [2.45, 2.75) is 37.8 Å². The highest BCUT2D eigenvalue weighted by Gasteiger charge is 2.28. The first-order valence-electron chi connectivity index (χ1n) is 7.43. The van der Waals surface area contributed by atoms with Gasteiger partial charge in [-0.05, 0) is 29.5 Å². The Morgan fingerprint density at radius 3 is 2.52 bits per heavy atom. The molecule has 0 bridgehead atoms. The molecule has 1 aromatic heterocycles. The second-order valence-electron chi connectivity index (χ2n) is 6.19. The van der Waals surface area contributed by atoms with Crippen molar-refractivity contribution >= 4 is 28.3 Å². The summed E-state index contributed by atoms with van der Waals surface area (Å²) in [6.07, 6.45) is 2.28. The summed E-state index contributed by atoms with van der Waals surface area (Å²) in [5, 5.41) is 1.01. The number of fused-ring (bicyclic) bond motifs is 2. The van der Waals surface area contributed by atoms with Crippen LogP contribution >= 0.6 is 11.8 Å². The summed E-state index contributed by atoms with van der Waals surface area (Å²) in [6, 6.07) is 7.51. The molecule has 2 nitrogen and oxygen atoms in total. The van der Waals surface area contributed by atoms with Crippen molar-refractivity contribution in [2.75, 3.05) is 0 Å². The minimum atomic E-state index is 0.105. The van der Waals surface area contributed by atoms with E-state index in [9.17, 15) is 4.79 Å². The molecule has 0 N–H and O–H groups in total. The van der Waals surface area contributed by atoms with E-state index in [1.54, 1.807) is 11.8 Å². The Balaban J connectivity index is 2.30. The quantitative estimate of drug-likeness (QED) is 0.785. The molecule has 0 radical (unpaired) electrons. The van der Waals surface area contributed by atoms with Crippen molar-refractivity contribution in [1.82, 2.24) is 0 Å². The summed E-state index contributed by atoms with van der Waals surface area (Å²) in [4.78, 5) is 13.6. The van der Waals surface area contributed by atoms with Crippen LogP contribution in [-0.4, -0.2) is 5.25 Å². The third-order valence-electron chi connectivity index (χ3n) is 3.90. The fraction of sp³-hybridized carbons (Fsp3) is 0.389. The molecule has 0 aliphatic carbocycles. The number of hydrogen-bond acceptors (Lipinski definition) is 3. The van der Waals surface area contributed by atoms with Crippen LogP contribution in [0.1, 0.15) is 33.5 Å². The first kappa shape index (κ1) is 14.5. The van der Waals surface area contributed by atoms with E-state index in [1.165, 1.54) is 0 Å². The topological polar surface area (TPSA) is 30.2 Å². The Bertz CT molecular complexity index is 768. The molecular weight excluding hydrogens is 280 g/mol. The number of hydrogen-bond donors (Lipinski definition) is 0. The van der Waals surface area contributed by atoms with E-state index in [2.05, 4.69) is 33.8 Å². The molecular formula is C18H20O2S. The summed E-state index contributed by atoms with van der Waals surface area (Å²) < 4.78 is 6.08. The summed E-state index contributed by atoms with van der Waals surface area (Å²) >= 11 is 1.65. The fourth-order valence-electron chi connectivity index (χ4n) is 2.63. The highest BCUT2D eigenvalue weighted by atomic mass is 32.2. The van der Waals surface area contributed by atoms with Crippen molar-refractivity contribution in [3.05, 3.63) is 46.3 Å². The van der Waals surface area contributed by atoms with Gasteiger partial charge in [0.1, 0.15) is 11.3 Å². The maximum absolute atomic E-state index is 12.8. The van der Waals surface area contributed by atoms with E-state index in [0.29, 0.717) is 28.1 Å². The maximum Gasteiger partial charge on any atom is 0.206 e. The third-order valence-corrected chi connectivity index (χ3v) is 5.45. The summed E-state index contributed by atoms with van der Waals surface area (Å²) in [5.74, 6) is 1.61. The Hall–Kier alpha value is -1.48. The smallest absolute Gasteiger partial charge is 0.206 e.